The molecule has 0 aliphatic carbocycles. The Hall–Kier alpha value is -0.490. The van der Waals surface area contributed by atoms with Crippen molar-refractivity contribution < 1.29 is 98.7 Å². The van der Waals surface area contributed by atoms with E-state index in [1.54, 1.807) is 12.1 Å². The Kier molecular flexibility index (Phi) is 17.5. The van der Waals surface area contributed by atoms with E-state index in [1.807, 2.05) is 18.2 Å². The molecule has 0 aliphatic rings. The molecular weight excluding hydrogens is 344 g/mol. The zero-order chi connectivity index (χ0) is 17.3. The van der Waals surface area contributed by atoms with Gasteiger partial charge in [0.25, 0.3) is 0 Å². The first kappa shape index (κ1) is 28.3. The number of carboxylic acid groups (broad SMARTS) is 2. The van der Waals surface area contributed by atoms with Crippen LogP contribution in [-0.4, -0.2) is 47.4 Å². The summed E-state index contributed by atoms with van der Waals surface area (Å²) in [6.45, 7) is 0. The van der Waals surface area contributed by atoms with Crippen LogP contribution in [0.5, 0.6) is 0 Å². The number of ether oxygens (including phenoxy) is 1. The molecule has 1 rings (SSSR count). The first-order valence-corrected chi connectivity index (χ1v) is 5.88. The number of esters is 1. The number of hydrogen-bond donors (Lipinski definition) is 3. The first-order chi connectivity index (χ1) is 10.2. The summed E-state index contributed by atoms with van der Waals surface area (Å²) in [7, 11) is 1.32. The predicted octanol–water partition coefficient (Wildman–Crippen LogP) is -9.92. The van der Waals surface area contributed by atoms with Crippen molar-refractivity contribution in [2.75, 3.05) is 7.11 Å². The Morgan fingerprint density at radius 1 is 1.00 bits per heavy atom. The molecule has 9 nitrogen and oxygen atoms in total. The maximum absolute atomic E-state index is 11.0. The number of benzene rings is 1. The average molecular weight is 359 g/mol. The fraction of sp³-hybridized carbons (Fsp3) is 0.308. The van der Waals surface area contributed by atoms with Crippen LogP contribution < -0.4 is 75.1 Å². The van der Waals surface area contributed by atoms with Gasteiger partial charge in [0.05, 0.1) is 19.0 Å². The van der Waals surface area contributed by atoms with Gasteiger partial charge in [-0.15, -0.1) is 0 Å². The maximum atomic E-state index is 11.0. The summed E-state index contributed by atoms with van der Waals surface area (Å²) in [6.07, 6.45) is -4.88. The molecule has 0 amide bonds. The molecule has 0 heterocycles. The summed E-state index contributed by atoms with van der Waals surface area (Å²) in [6, 6.07) is 8.45. The van der Waals surface area contributed by atoms with E-state index in [4.69, 9.17) is 15.9 Å². The fourth-order valence-corrected chi connectivity index (χ4v) is 1.18. The van der Waals surface area contributed by atoms with Gasteiger partial charge >= 0.3 is 65.1 Å². The average Bonchev–Trinajstić information content (AvgIpc) is 2.53. The number of aliphatic hydroxyl groups is 2. The summed E-state index contributed by atoms with van der Waals surface area (Å²) in [5.74, 6) is -4.53. The van der Waals surface area contributed by atoms with Crippen LogP contribution in [0.3, 0.4) is 0 Å². The van der Waals surface area contributed by atoms with Crippen LogP contribution in [-0.2, 0) is 19.1 Å². The van der Waals surface area contributed by atoms with E-state index in [2.05, 4.69) is 4.74 Å². The third kappa shape index (κ3) is 10.4. The van der Waals surface area contributed by atoms with Crippen LogP contribution in [0.4, 0.5) is 0 Å². The van der Waals surface area contributed by atoms with Crippen LogP contribution in [0, 0.1) is 0 Å². The summed E-state index contributed by atoms with van der Waals surface area (Å²) in [4.78, 5) is 30.2. The van der Waals surface area contributed by atoms with Gasteiger partial charge in [-0.3, -0.25) is 4.79 Å². The standard InChI is InChI=1S/C9H11NO2.C4H6O6.2Na/c1-12-9(11)8(10)7-5-3-2-4-6-7;5-1(3(7)8)2(6)4(9)10;;/h2-6,8H,10H2,1H3;1-2,5-6H,(H,7,8)(H,9,10);;/q;;2*+1/p-2. The van der Waals surface area contributed by atoms with Gasteiger partial charge in [-0.2, -0.15) is 0 Å². The van der Waals surface area contributed by atoms with Gasteiger partial charge in [-0.25, -0.2) is 0 Å². The summed E-state index contributed by atoms with van der Waals surface area (Å²) < 4.78 is 4.50. The number of rotatable bonds is 5. The quantitative estimate of drug-likeness (QED) is 0.341. The van der Waals surface area contributed by atoms with E-state index in [9.17, 15) is 24.6 Å². The molecule has 3 unspecified atom stereocenters. The number of carbonyl (C=O) groups excluding carboxylic acids is 3. The van der Waals surface area contributed by atoms with Crippen molar-refractivity contribution in [3.63, 3.8) is 0 Å². The van der Waals surface area contributed by atoms with Crippen molar-refractivity contribution >= 4 is 17.9 Å². The molecule has 1 aromatic carbocycles. The van der Waals surface area contributed by atoms with Gasteiger partial charge in [-0.05, 0) is 5.56 Å². The number of carbonyl (C=O) groups is 3. The Bertz CT molecular complexity index is 496. The number of aliphatic hydroxyl groups excluding tert-OH is 2. The Morgan fingerprint density at radius 2 is 1.38 bits per heavy atom. The van der Waals surface area contributed by atoms with Crippen LogP contribution in [0.25, 0.3) is 0 Å². The molecule has 0 aliphatic heterocycles. The van der Waals surface area contributed by atoms with Crippen molar-refractivity contribution in [2.24, 2.45) is 5.73 Å². The summed E-state index contributed by atoms with van der Waals surface area (Å²) in [5.41, 5.74) is 6.34. The molecule has 4 N–H and O–H groups in total. The van der Waals surface area contributed by atoms with Crippen molar-refractivity contribution in [1.29, 1.82) is 0 Å². The van der Waals surface area contributed by atoms with Crippen molar-refractivity contribution in [2.45, 2.75) is 18.2 Å². The van der Waals surface area contributed by atoms with E-state index >= 15 is 0 Å². The van der Waals surface area contributed by atoms with E-state index in [1.165, 1.54) is 7.11 Å². The zero-order valence-corrected chi connectivity index (χ0v) is 17.5. The Balaban J connectivity index is -0.000000345. The molecule has 0 fully saturated rings. The van der Waals surface area contributed by atoms with Gasteiger partial charge in [0.2, 0.25) is 0 Å². The summed E-state index contributed by atoms with van der Waals surface area (Å²) >= 11 is 0. The molecule has 11 heteroatoms. The second kappa shape index (κ2) is 14.8. The Morgan fingerprint density at radius 3 is 1.67 bits per heavy atom. The van der Waals surface area contributed by atoms with Crippen LogP contribution >= 0.6 is 0 Å². The van der Waals surface area contributed by atoms with Crippen LogP contribution in [0.2, 0.25) is 0 Å². The van der Waals surface area contributed by atoms with Gasteiger partial charge in [-0.1, -0.05) is 30.3 Å². The van der Waals surface area contributed by atoms with E-state index in [-0.39, 0.29) is 59.1 Å². The molecule has 0 bridgehead atoms. The fourth-order valence-electron chi connectivity index (χ4n) is 1.18. The zero-order valence-electron chi connectivity index (χ0n) is 13.5. The molecule has 24 heavy (non-hydrogen) atoms. The summed E-state index contributed by atoms with van der Waals surface area (Å²) in [5, 5.41) is 35.7. The smallest absolute Gasteiger partial charge is 0.547 e. The van der Waals surface area contributed by atoms with E-state index in [0.29, 0.717) is 0 Å². The van der Waals surface area contributed by atoms with Crippen molar-refractivity contribution in [1.82, 2.24) is 0 Å². The molecule has 0 aromatic heterocycles. The number of methoxy groups -OCH3 is 1. The minimum atomic E-state index is -2.44. The number of aliphatic carboxylic acids is 2. The molecule has 1 aromatic rings. The molecule has 122 valence electrons. The van der Waals surface area contributed by atoms with Gasteiger partial charge in [0.1, 0.15) is 18.2 Å². The van der Waals surface area contributed by atoms with Crippen molar-refractivity contribution in [3.8, 4) is 0 Å². The normalized spacial score (nSPS) is 12.7. The number of hydrogen-bond acceptors (Lipinski definition) is 9. The number of carboxylic acids is 2. The topological polar surface area (TPSA) is 173 Å². The number of nitrogens with two attached hydrogens (primary N) is 1. The predicted molar refractivity (Wildman–Crippen MR) is 67.4 cm³/mol. The minimum Gasteiger partial charge on any atom is -0.547 e. The molecule has 0 saturated carbocycles. The maximum Gasteiger partial charge on any atom is 1.00 e. The molecule has 3 atom stereocenters. The van der Waals surface area contributed by atoms with Gasteiger partial charge < -0.3 is 40.5 Å². The molecule has 0 radical (unpaired) electrons. The second-order valence-electron chi connectivity index (χ2n) is 3.94. The third-order valence-corrected chi connectivity index (χ3v) is 2.40. The SMILES string of the molecule is COC(=O)C(N)c1ccccc1.O=C([O-])C(O)C(O)C(=O)[O-].[Na+].[Na+]. The molecule has 0 saturated heterocycles. The largest absolute Gasteiger partial charge is 1.00 e. The van der Waals surface area contributed by atoms with Gasteiger partial charge in [0, 0.05) is 0 Å². The minimum absolute atomic E-state index is 0. The second-order valence-corrected chi connectivity index (χ2v) is 3.94. The van der Waals surface area contributed by atoms with E-state index in [0.717, 1.165) is 5.56 Å². The monoisotopic (exact) mass is 359 g/mol. The molecular formula is C13H15NNa2O8. The van der Waals surface area contributed by atoms with Crippen LogP contribution in [0.1, 0.15) is 11.6 Å². The van der Waals surface area contributed by atoms with Crippen molar-refractivity contribution in [3.05, 3.63) is 35.9 Å². The van der Waals surface area contributed by atoms with Crippen LogP contribution in [0.15, 0.2) is 30.3 Å². The third-order valence-electron chi connectivity index (χ3n) is 2.40. The van der Waals surface area contributed by atoms with E-state index < -0.39 is 36.2 Å². The Labute approximate surface area is 182 Å². The first-order valence-electron chi connectivity index (χ1n) is 5.88. The molecule has 0 spiro atoms. The van der Waals surface area contributed by atoms with Gasteiger partial charge in [0.15, 0.2) is 0 Å².